The topological polar surface area (TPSA) is 34.1 Å². The first kappa shape index (κ1) is 9.04. The van der Waals surface area contributed by atoms with Gasteiger partial charge in [0.2, 0.25) is 8.46 Å². The first-order valence-electron chi connectivity index (χ1n) is 4.18. The third kappa shape index (κ3) is 1.57. The average molecular weight is 202 g/mol. The summed E-state index contributed by atoms with van der Waals surface area (Å²) in [5.74, 6) is 0. The Bertz CT molecular complexity index is 505. The number of benzene rings is 2. The SMILES string of the molecule is O=PC(=O)c1ccc2ccccc2c1. The van der Waals surface area contributed by atoms with E-state index in [9.17, 15) is 9.36 Å². The number of rotatable bonds is 2. The van der Waals surface area contributed by atoms with Crippen LogP contribution in [0.3, 0.4) is 0 Å². The molecule has 0 heterocycles. The standard InChI is InChI=1S/C11H7O2P/c12-11(14-13)10-6-5-8-3-1-2-4-9(8)7-10/h1-7H. The number of hydrogen-bond donors (Lipinski definition) is 0. The van der Waals surface area contributed by atoms with Crippen molar-refractivity contribution in [2.24, 2.45) is 0 Å². The molecular weight excluding hydrogens is 195 g/mol. The summed E-state index contributed by atoms with van der Waals surface area (Å²) in [6, 6.07) is 13.0. The van der Waals surface area contributed by atoms with Crippen molar-refractivity contribution in [2.45, 2.75) is 0 Å². The largest absolute Gasteiger partial charge is 0.280 e. The molecule has 68 valence electrons. The first-order chi connectivity index (χ1) is 6.81. The molecule has 0 aromatic heterocycles. The van der Waals surface area contributed by atoms with Crippen LogP contribution >= 0.6 is 8.46 Å². The van der Waals surface area contributed by atoms with Crippen LogP contribution in [0.5, 0.6) is 0 Å². The highest BCUT2D eigenvalue weighted by Crippen LogP contribution is 2.18. The molecular formula is C11H7O2P. The van der Waals surface area contributed by atoms with E-state index < -0.39 is 8.46 Å². The van der Waals surface area contributed by atoms with Gasteiger partial charge < -0.3 is 0 Å². The zero-order valence-corrected chi connectivity index (χ0v) is 8.20. The maximum Gasteiger partial charge on any atom is 0.253 e. The van der Waals surface area contributed by atoms with Crippen molar-refractivity contribution in [3.05, 3.63) is 48.0 Å². The van der Waals surface area contributed by atoms with Gasteiger partial charge in [0.25, 0.3) is 5.52 Å². The van der Waals surface area contributed by atoms with Crippen molar-refractivity contribution in [2.75, 3.05) is 0 Å². The quantitative estimate of drug-likeness (QED) is 0.700. The highest BCUT2D eigenvalue weighted by Gasteiger charge is 2.04. The van der Waals surface area contributed by atoms with Gasteiger partial charge >= 0.3 is 0 Å². The zero-order valence-electron chi connectivity index (χ0n) is 7.31. The highest BCUT2D eigenvalue weighted by molar-refractivity contribution is 7.47. The lowest BCUT2D eigenvalue weighted by molar-refractivity contribution is 0.108. The Balaban J connectivity index is 2.62. The van der Waals surface area contributed by atoms with Gasteiger partial charge in [0, 0.05) is 5.56 Å². The van der Waals surface area contributed by atoms with Crippen molar-refractivity contribution < 1.29 is 9.36 Å². The van der Waals surface area contributed by atoms with E-state index in [2.05, 4.69) is 0 Å². The predicted molar refractivity (Wildman–Crippen MR) is 55.9 cm³/mol. The van der Waals surface area contributed by atoms with Crippen molar-refractivity contribution in [3.8, 4) is 0 Å². The van der Waals surface area contributed by atoms with Crippen LogP contribution in [0.2, 0.25) is 0 Å². The monoisotopic (exact) mass is 202 g/mol. The van der Waals surface area contributed by atoms with Gasteiger partial charge in [-0.3, -0.25) is 9.36 Å². The third-order valence-corrected chi connectivity index (χ3v) is 2.50. The third-order valence-electron chi connectivity index (χ3n) is 2.08. The summed E-state index contributed by atoms with van der Waals surface area (Å²) in [5, 5.41) is 2.06. The van der Waals surface area contributed by atoms with Crippen LogP contribution in [0.4, 0.5) is 0 Å². The average Bonchev–Trinajstić information content (AvgIpc) is 2.27. The van der Waals surface area contributed by atoms with Crippen molar-refractivity contribution in [1.82, 2.24) is 0 Å². The molecule has 3 heteroatoms. The zero-order chi connectivity index (χ0) is 9.97. The minimum absolute atomic E-state index is 0.379. The van der Waals surface area contributed by atoms with E-state index in [0.717, 1.165) is 10.8 Å². The Morgan fingerprint density at radius 1 is 1.00 bits per heavy atom. The van der Waals surface area contributed by atoms with Crippen molar-refractivity contribution >= 4 is 24.8 Å². The normalized spacial score (nSPS) is 10.6. The molecule has 0 aliphatic rings. The lowest BCUT2D eigenvalue weighted by Gasteiger charge is -1.98. The summed E-state index contributed by atoms with van der Waals surface area (Å²) in [5.41, 5.74) is 0.108. The van der Waals surface area contributed by atoms with E-state index in [1.54, 1.807) is 12.1 Å². The summed E-state index contributed by atoms with van der Waals surface area (Å²) < 4.78 is 10.4. The molecule has 0 amide bonds. The van der Waals surface area contributed by atoms with Crippen LogP contribution in [0.1, 0.15) is 10.4 Å². The fourth-order valence-corrected chi connectivity index (χ4v) is 1.62. The second-order valence-corrected chi connectivity index (χ2v) is 3.55. The lowest BCUT2D eigenvalue weighted by Crippen LogP contribution is -1.87. The fraction of sp³-hybridized carbons (Fsp3) is 0. The summed E-state index contributed by atoms with van der Waals surface area (Å²) in [6.45, 7) is 0. The summed E-state index contributed by atoms with van der Waals surface area (Å²) in [6.07, 6.45) is 0. The maximum atomic E-state index is 11.1. The van der Waals surface area contributed by atoms with Crippen LogP contribution in [0.25, 0.3) is 10.8 Å². The summed E-state index contributed by atoms with van der Waals surface area (Å²) >= 11 is 0. The Morgan fingerprint density at radius 2 is 1.71 bits per heavy atom. The van der Waals surface area contributed by atoms with Gasteiger partial charge in [-0.15, -0.1) is 0 Å². The Labute approximate surface area is 82.8 Å². The Morgan fingerprint density at radius 3 is 2.43 bits per heavy atom. The number of carbonyl (C=O) groups is 1. The Kier molecular flexibility index (Phi) is 2.38. The maximum absolute atomic E-state index is 11.1. The molecule has 14 heavy (non-hydrogen) atoms. The smallest absolute Gasteiger partial charge is 0.253 e. The van der Waals surface area contributed by atoms with Gasteiger partial charge in [-0.2, -0.15) is 0 Å². The van der Waals surface area contributed by atoms with Crippen LogP contribution < -0.4 is 0 Å². The molecule has 0 spiro atoms. The first-order valence-corrected chi connectivity index (χ1v) is 4.99. The van der Waals surface area contributed by atoms with E-state index >= 15 is 0 Å². The molecule has 0 N–H and O–H groups in total. The second-order valence-electron chi connectivity index (χ2n) is 2.96. The molecule has 0 aliphatic heterocycles. The molecule has 0 aliphatic carbocycles. The van der Waals surface area contributed by atoms with Crippen LogP contribution in [-0.2, 0) is 4.57 Å². The molecule has 0 saturated carbocycles. The minimum atomic E-state index is -0.456. The second kappa shape index (κ2) is 3.69. The number of fused-ring (bicyclic) bond motifs is 1. The van der Waals surface area contributed by atoms with Gasteiger partial charge in [0.15, 0.2) is 0 Å². The molecule has 2 nitrogen and oxygen atoms in total. The van der Waals surface area contributed by atoms with Crippen molar-refractivity contribution in [3.63, 3.8) is 0 Å². The molecule has 0 saturated heterocycles. The molecule has 0 bridgehead atoms. The Hall–Kier alpha value is -1.53. The van der Waals surface area contributed by atoms with Gasteiger partial charge in [0.1, 0.15) is 0 Å². The molecule has 2 aromatic carbocycles. The van der Waals surface area contributed by atoms with E-state index in [4.69, 9.17) is 0 Å². The summed E-state index contributed by atoms with van der Waals surface area (Å²) in [4.78, 5) is 11.1. The van der Waals surface area contributed by atoms with Gasteiger partial charge in [0.05, 0.1) is 0 Å². The van der Waals surface area contributed by atoms with Crippen molar-refractivity contribution in [1.29, 1.82) is 0 Å². The van der Waals surface area contributed by atoms with Crippen LogP contribution in [-0.4, -0.2) is 5.52 Å². The summed E-state index contributed by atoms with van der Waals surface area (Å²) in [7, 11) is -0.456. The van der Waals surface area contributed by atoms with Crippen LogP contribution in [0, 0.1) is 0 Å². The molecule has 0 radical (unpaired) electrons. The van der Waals surface area contributed by atoms with Gasteiger partial charge in [-0.05, 0) is 22.9 Å². The minimum Gasteiger partial charge on any atom is -0.280 e. The molecule has 0 unspecified atom stereocenters. The van der Waals surface area contributed by atoms with E-state index in [-0.39, 0.29) is 5.52 Å². The predicted octanol–water partition coefficient (Wildman–Crippen LogP) is 3.27. The molecule has 2 aromatic rings. The highest BCUT2D eigenvalue weighted by atomic mass is 31.1. The fourth-order valence-electron chi connectivity index (χ4n) is 1.38. The van der Waals surface area contributed by atoms with Gasteiger partial charge in [-0.25, -0.2) is 0 Å². The molecule has 2 rings (SSSR count). The van der Waals surface area contributed by atoms with E-state index in [1.165, 1.54) is 0 Å². The number of hydrogen-bond acceptors (Lipinski definition) is 2. The number of carbonyl (C=O) groups excluding carboxylic acids is 1. The van der Waals surface area contributed by atoms with E-state index in [0.29, 0.717) is 5.56 Å². The van der Waals surface area contributed by atoms with E-state index in [1.807, 2.05) is 30.3 Å². The lowest BCUT2D eigenvalue weighted by atomic mass is 10.1. The molecule has 0 fully saturated rings. The molecule has 0 atom stereocenters. The van der Waals surface area contributed by atoms with Crippen LogP contribution in [0.15, 0.2) is 42.5 Å². The van der Waals surface area contributed by atoms with Gasteiger partial charge in [-0.1, -0.05) is 30.3 Å².